The van der Waals surface area contributed by atoms with Gasteiger partial charge in [0.2, 0.25) is 0 Å². The molecule has 0 aliphatic rings. The van der Waals surface area contributed by atoms with E-state index in [1.54, 1.807) is 18.2 Å². The molecule has 0 spiro atoms. The van der Waals surface area contributed by atoms with E-state index in [9.17, 15) is 14.7 Å². The molecular weight excluding hydrogens is 266 g/mol. The largest absolute Gasteiger partial charge is 0.507 e. The van der Waals surface area contributed by atoms with Crippen molar-refractivity contribution >= 4 is 28.3 Å². The Morgan fingerprint density at radius 3 is 2.84 bits per heavy atom. The second kappa shape index (κ2) is 5.45. The number of pyridine rings is 1. The van der Waals surface area contributed by atoms with Crippen LogP contribution in [0, 0.1) is 0 Å². The molecule has 1 heterocycles. The number of H-pyrrole nitrogens is 1. The van der Waals surface area contributed by atoms with Crippen molar-refractivity contribution in [2.75, 3.05) is 0 Å². The van der Waals surface area contributed by atoms with Crippen molar-refractivity contribution in [1.29, 1.82) is 0 Å². The quantitative estimate of drug-likeness (QED) is 0.904. The van der Waals surface area contributed by atoms with Crippen molar-refractivity contribution in [1.82, 2.24) is 4.98 Å². The molecule has 1 aromatic heterocycles. The fraction of sp³-hybridized carbons (Fsp3) is 0.286. The summed E-state index contributed by atoms with van der Waals surface area (Å²) in [6.45, 7) is 1.50. The van der Waals surface area contributed by atoms with Gasteiger partial charge in [0.05, 0.1) is 11.1 Å². The molecule has 0 amide bonds. The molecule has 0 aliphatic heterocycles. The van der Waals surface area contributed by atoms with E-state index < -0.39 is 0 Å². The van der Waals surface area contributed by atoms with E-state index in [1.807, 2.05) is 0 Å². The van der Waals surface area contributed by atoms with Crippen LogP contribution in [0.15, 0.2) is 23.0 Å². The fourth-order valence-corrected chi connectivity index (χ4v) is 2.21. The molecule has 19 heavy (non-hydrogen) atoms. The first-order chi connectivity index (χ1) is 8.99. The van der Waals surface area contributed by atoms with Crippen molar-refractivity contribution in [3.05, 3.63) is 39.1 Å². The van der Waals surface area contributed by atoms with Crippen molar-refractivity contribution in [2.24, 2.45) is 0 Å². The number of ketones is 1. The Kier molecular flexibility index (Phi) is 3.90. The number of hydrogen-bond acceptors (Lipinski definition) is 3. The maximum Gasteiger partial charge on any atom is 0.255 e. The summed E-state index contributed by atoms with van der Waals surface area (Å²) < 4.78 is 0. The molecule has 0 aliphatic carbocycles. The van der Waals surface area contributed by atoms with E-state index in [2.05, 4.69) is 4.98 Å². The Morgan fingerprint density at radius 1 is 1.42 bits per heavy atom. The lowest BCUT2D eigenvalue weighted by molar-refractivity contribution is -0.117. The summed E-state index contributed by atoms with van der Waals surface area (Å²) >= 11 is 5.88. The first kappa shape index (κ1) is 13.6. The van der Waals surface area contributed by atoms with Crippen LogP contribution in [0.5, 0.6) is 5.75 Å². The van der Waals surface area contributed by atoms with E-state index in [1.165, 1.54) is 6.92 Å². The Bertz CT molecular complexity index is 691. The predicted molar refractivity (Wildman–Crippen MR) is 74.9 cm³/mol. The van der Waals surface area contributed by atoms with Crippen LogP contribution >= 0.6 is 11.6 Å². The van der Waals surface area contributed by atoms with Gasteiger partial charge in [-0.3, -0.25) is 4.79 Å². The molecule has 0 atom stereocenters. The lowest BCUT2D eigenvalue weighted by Crippen LogP contribution is -2.13. The molecule has 100 valence electrons. The highest BCUT2D eigenvalue weighted by molar-refractivity contribution is 6.31. The summed E-state index contributed by atoms with van der Waals surface area (Å²) in [7, 11) is 0. The number of hydrogen-bond donors (Lipinski definition) is 2. The number of halogens is 1. The Labute approximate surface area is 115 Å². The zero-order chi connectivity index (χ0) is 14.0. The topological polar surface area (TPSA) is 70.2 Å². The molecule has 2 N–H and O–H groups in total. The zero-order valence-corrected chi connectivity index (χ0v) is 11.3. The second-order valence-corrected chi connectivity index (χ2v) is 4.96. The average molecular weight is 280 g/mol. The van der Waals surface area contributed by atoms with Gasteiger partial charge in [0.15, 0.2) is 0 Å². The van der Waals surface area contributed by atoms with Crippen LogP contribution in [-0.2, 0) is 11.2 Å². The third-order valence-corrected chi connectivity index (χ3v) is 3.24. The first-order valence-electron chi connectivity index (χ1n) is 6.02. The predicted octanol–water partition coefficient (Wildman–Crippen LogP) is 2.80. The number of rotatable bonds is 4. The van der Waals surface area contributed by atoms with Gasteiger partial charge in [0, 0.05) is 16.8 Å². The van der Waals surface area contributed by atoms with Crippen LogP contribution in [0.3, 0.4) is 0 Å². The number of carbonyl (C=O) groups excluding carboxylic acids is 1. The molecule has 0 fully saturated rings. The van der Waals surface area contributed by atoms with Gasteiger partial charge in [-0.1, -0.05) is 11.6 Å². The SMILES string of the molecule is CC(=O)CCCc1c(O)c2cc(Cl)ccc2[nH]c1=O. The molecule has 0 saturated heterocycles. The van der Waals surface area contributed by atoms with Gasteiger partial charge >= 0.3 is 0 Å². The van der Waals surface area contributed by atoms with Crippen LogP contribution in [0.2, 0.25) is 5.02 Å². The van der Waals surface area contributed by atoms with Gasteiger partial charge < -0.3 is 14.9 Å². The summed E-state index contributed by atoms with van der Waals surface area (Å²) in [6.07, 6.45) is 1.30. The van der Waals surface area contributed by atoms with E-state index >= 15 is 0 Å². The minimum Gasteiger partial charge on any atom is -0.507 e. The van der Waals surface area contributed by atoms with Gasteiger partial charge in [0.25, 0.3) is 5.56 Å². The summed E-state index contributed by atoms with van der Waals surface area (Å²) in [5, 5.41) is 11.2. The molecule has 0 bridgehead atoms. The van der Waals surface area contributed by atoms with E-state index in [-0.39, 0.29) is 17.1 Å². The summed E-state index contributed by atoms with van der Waals surface area (Å²) in [5.74, 6) is 0.0181. The maximum absolute atomic E-state index is 11.9. The van der Waals surface area contributed by atoms with Crippen molar-refractivity contribution in [3.63, 3.8) is 0 Å². The Balaban J connectivity index is 2.43. The highest BCUT2D eigenvalue weighted by Crippen LogP contribution is 2.28. The van der Waals surface area contributed by atoms with Crippen LogP contribution in [0.4, 0.5) is 0 Å². The minimum absolute atomic E-state index is 0.0511. The summed E-state index contributed by atoms with van der Waals surface area (Å²) in [6, 6.07) is 4.91. The molecular formula is C14H14ClNO3. The highest BCUT2D eigenvalue weighted by Gasteiger charge is 2.12. The number of aromatic nitrogens is 1. The van der Waals surface area contributed by atoms with E-state index in [4.69, 9.17) is 11.6 Å². The van der Waals surface area contributed by atoms with Gasteiger partial charge in [-0.05, 0) is 38.0 Å². The number of fused-ring (bicyclic) bond motifs is 1. The Morgan fingerprint density at radius 2 is 2.16 bits per heavy atom. The van der Waals surface area contributed by atoms with E-state index in [0.717, 1.165) is 0 Å². The molecule has 4 nitrogen and oxygen atoms in total. The highest BCUT2D eigenvalue weighted by atomic mass is 35.5. The van der Waals surface area contributed by atoms with Crippen LogP contribution in [0.25, 0.3) is 10.9 Å². The first-order valence-corrected chi connectivity index (χ1v) is 6.39. The monoisotopic (exact) mass is 279 g/mol. The fourth-order valence-electron chi connectivity index (χ4n) is 2.04. The molecule has 2 aromatic rings. The standard InChI is InChI=1S/C14H14ClNO3/c1-8(17)3-2-4-10-13(18)11-7-9(15)5-6-12(11)16-14(10)19/h5-7H,2-4H2,1H3,(H2,16,18,19). The van der Waals surface area contributed by atoms with Crippen molar-refractivity contribution in [2.45, 2.75) is 26.2 Å². The molecule has 0 radical (unpaired) electrons. The van der Waals surface area contributed by atoms with Crippen molar-refractivity contribution in [3.8, 4) is 5.75 Å². The van der Waals surface area contributed by atoms with Gasteiger partial charge in [-0.15, -0.1) is 0 Å². The normalized spacial score (nSPS) is 10.8. The molecule has 0 unspecified atom stereocenters. The lowest BCUT2D eigenvalue weighted by Gasteiger charge is -2.07. The summed E-state index contributed by atoms with van der Waals surface area (Å²) in [5.41, 5.74) is 0.522. The third kappa shape index (κ3) is 2.96. The number of carbonyl (C=O) groups is 1. The minimum atomic E-state index is -0.323. The molecule has 1 aromatic carbocycles. The maximum atomic E-state index is 11.9. The number of Topliss-reactive ketones (excluding diaryl/α,β-unsaturated/α-hetero) is 1. The van der Waals surface area contributed by atoms with Crippen molar-refractivity contribution < 1.29 is 9.90 Å². The van der Waals surface area contributed by atoms with Crippen LogP contribution in [0.1, 0.15) is 25.3 Å². The van der Waals surface area contributed by atoms with E-state index in [0.29, 0.717) is 40.8 Å². The number of aromatic hydroxyl groups is 1. The van der Waals surface area contributed by atoms with Gasteiger partial charge in [0.1, 0.15) is 11.5 Å². The average Bonchev–Trinajstić information content (AvgIpc) is 2.34. The molecule has 5 heteroatoms. The number of aromatic amines is 1. The molecule has 0 saturated carbocycles. The molecule has 2 rings (SSSR count). The lowest BCUT2D eigenvalue weighted by atomic mass is 10.0. The smallest absolute Gasteiger partial charge is 0.255 e. The summed E-state index contributed by atoms with van der Waals surface area (Å²) in [4.78, 5) is 25.5. The van der Waals surface area contributed by atoms with Crippen LogP contribution < -0.4 is 5.56 Å². The van der Waals surface area contributed by atoms with Gasteiger partial charge in [-0.25, -0.2) is 0 Å². The van der Waals surface area contributed by atoms with Crippen LogP contribution in [-0.4, -0.2) is 15.9 Å². The number of nitrogens with one attached hydrogen (secondary N) is 1. The zero-order valence-electron chi connectivity index (χ0n) is 10.5. The third-order valence-electron chi connectivity index (χ3n) is 3.00. The Hall–Kier alpha value is -1.81. The second-order valence-electron chi connectivity index (χ2n) is 4.53. The van der Waals surface area contributed by atoms with Gasteiger partial charge in [-0.2, -0.15) is 0 Å². The number of benzene rings is 1.